The molecule has 1 atom stereocenters. The van der Waals surface area contributed by atoms with Crippen molar-refractivity contribution in [2.45, 2.75) is 20.3 Å². The Morgan fingerprint density at radius 3 is 2.14 bits per heavy atom. The van der Waals surface area contributed by atoms with Crippen molar-refractivity contribution in [2.75, 3.05) is 0 Å². The number of hydrogen-bond acceptors (Lipinski definition) is 1. The minimum atomic E-state index is 0.834. The van der Waals surface area contributed by atoms with Crippen molar-refractivity contribution < 1.29 is 4.74 Å². The first-order valence-electron chi connectivity index (χ1n) is 9.58. The van der Waals surface area contributed by atoms with E-state index in [0.717, 1.165) is 28.7 Å². The molecule has 1 unspecified atom stereocenters. The summed E-state index contributed by atoms with van der Waals surface area (Å²) in [6, 6.07) is 22.7. The van der Waals surface area contributed by atoms with Gasteiger partial charge in [0.25, 0.3) is 0 Å². The maximum Gasteiger partial charge on any atom is 0.127 e. The molecule has 4 aromatic rings. The average Bonchev–Trinajstić information content (AvgIpc) is 3.14. The fourth-order valence-electron chi connectivity index (χ4n) is 3.07. The van der Waals surface area contributed by atoms with Crippen LogP contribution in [0, 0.1) is 0 Å². The summed E-state index contributed by atoms with van der Waals surface area (Å²) in [5, 5.41) is 2.39. The molecule has 0 aliphatic heterocycles. The predicted octanol–water partition coefficient (Wildman–Crippen LogP) is 6.88. The maximum atomic E-state index is 5.91. The van der Waals surface area contributed by atoms with E-state index in [1.54, 1.807) is 0 Å². The highest BCUT2D eigenvalue weighted by Crippen LogP contribution is 2.29. The third-order valence-corrected chi connectivity index (χ3v) is 4.82. The van der Waals surface area contributed by atoms with E-state index in [-0.39, 0.29) is 0 Å². The molecule has 2 nitrogen and oxygen atoms in total. The number of benzene rings is 3. The van der Waals surface area contributed by atoms with Crippen LogP contribution < -0.4 is 10.0 Å². The van der Waals surface area contributed by atoms with Crippen molar-refractivity contribution >= 4 is 25.4 Å². The Morgan fingerprint density at radius 2 is 1.50 bits per heavy atom. The van der Waals surface area contributed by atoms with Gasteiger partial charge in [-0.3, -0.25) is 0 Å². The first-order valence-corrected chi connectivity index (χ1v) is 10.2. The molecule has 28 heavy (non-hydrogen) atoms. The van der Waals surface area contributed by atoms with Crippen molar-refractivity contribution in [3.8, 4) is 22.6 Å². The zero-order valence-corrected chi connectivity index (χ0v) is 17.6. The lowest BCUT2D eigenvalue weighted by atomic mass is 10.0. The summed E-state index contributed by atoms with van der Waals surface area (Å²) < 4.78 is 5.91. The molecule has 0 bridgehead atoms. The number of nitrogens with one attached hydrogen (secondary N) is 1. The molecular formula is C25H26NOP. The summed E-state index contributed by atoms with van der Waals surface area (Å²) in [4.78, 5) is 3.32. The van der Waals surface area contributed by atoms with Crippen LogP contribution in [-0.2, 0) is 6.42 Å². The second-order valence-electron chi connectivity index (χ2n) is 6.26. The Labute approximate surface area is 169 Å². The minimum absolute atomic E-state index is 0.834. The Morgan fingerprint density at radius 1 is 0.893 bits per heavy atom. The number of aromatic nitrogens is 1. The third-order valence-electron chi connectivity index (χ3n) is 4.44. The van der Waals surface area contributed by atoms with Gasteiger partial charge in [-0.25, -0.2) is 0 Å². The molecule has 0 fully saturated rings. The molecule has 142 valence electrons. The van der Waals surface area contributed by atoms with Gasteiger partial charge in [0.1, 0.15) is 11.5 Å². The molecule has 3 heteroatoms. The van der Waals surface area contributed by atoms with E-state index < -0.39 is 0 Å². The van der Waals surface area contributed by atoms with Gasteiger partial charge in [0.15, 0.2) is 0 Å². The van der Waals surface area contributed by atoms with Crippen LogP contribution in [0.15, 0.2) is 85.6 Å². The van der Waals surface area contributed by atoms with Crippen LogP contribution in [0.4, 0.5) is 0 Å². The smallest absolute Gasteiger partial charge is 0.127 e. The molecule has 0 saturated carbocycles. The topological polar surface area (TPSA) is 25.0 Å². The number of aromatic amines is 1. The number of hydrogen-bond donors (Lipinski definition) is 1. The quantitative estimate of drug-likeness (QED) is 0.293. The molecule has 0 radical (unpaired) electrons. The normalized spacial score (nSPS) is 10.2. The number of allylic oxidation sites excluding steroid dienone is 1. The van der Waals surface area contributed by atoms with Gasteiger partial charge < -0.3 is 9.72 Å². The van der Waals surface area contributed by atoms with E-state index in [1.165, 1.54) is 22.1 Å². The molecule has 3 aromatic carbocycles. The molecule has 0 amide bonds. The van der Waals surface area contributed by atoms with Crippen molar-refractivity contribution in [1.29, 1.82) is 0 Å². The number of H-pyrrole nitrogens is 1. The van der Waals surface area contributed by atoms with E-state index in [0.29, 0.717) is 0 Å². The van der Waals surface area contributed by atoms with Crippen LogP contribution in [0.1, 0.15) is 19.4 Å². The van der Waals surface area contributed by atoms with Crippen LogP contribution in [-0.4, -0.2) is 4.98 Å². The molecule has 1 heterocycles. The van der Waals surface area contributed by atoms with Gasteiger partial charge in [-0.2, -0.15) is 0 Å². The molecule has 0 aliphatic carbocycles. The first-order chi connectivity index (χ1) is 13.7. The maximum absolute atomic E-state index is 5.91. The van der Waals surface area contributed by atoms with Crippen LogP contribution in [0.3, 0.4) is 0 Å². The highest BCUT2D eigenvalue weighted by Gasteiger charge is 2.06. The Hall–Kier alpha value is -2.83. The van der Waals surface area contributed by atoms with Crippen LogP contribution in [0.25, 0.3) is 22.0 Å². The predicted molar refractivity (Wildman–Crippen MR) is 125 cm³/mol. The molecule has 1 aromatic heterocycles. The summed E-state index contributed by atoms with van der Waals surface area (Å²) in [5.74, 6) is 1.67. The van der Waals surface area contributed by atoms with E-state index >= 15 is 0 Å². The van der Waals surface area contributed by atoms with E-state index in [4.69, 9.17) is 4.74 Å². The largest absolute Gasteiger partial charge is 0.457 e. The highest BCUT2D eigenvalue weighted by molar-refractivity contribution is 7.27. The number of ether oxygens (including phenoxy) is 1. The molecule has 1 N–H and O–H groups in total. The third kappa shape index (κ3) is 4.52. The summed E-state index contributed by atoms with van der Waals surface area (Å²) in [6.07, 6.45) is 4.86. The fraction of sp³-hybridized carbons (Fsp3) is 0.120. The molecule has 0 aliphatic rings. The van der Waals surface area contributed by atoms with Gasteiger partial charge >= 0.3 is 0 Å². The van der Waals surface area contributed by atoms with Gasteiger partial charge in [0.2, 0.25) is 0 Å². The SMILES string of the molecule is C=CCc1c[nH]c2ccc(-c3ccc(Oc4ccc(P)cc4)cc3)cc12.CC. The van der Waals surface area contributed by atoms with Crippen LogP contribution >= 0.6 is 9.24 Å². The van der Waals surface area contributed by atoms with Crippen LogP contribution in [0.5, 0.6) is 11.5 Å². The Balaban J connectivity index is 0.00000109. The summed E-state index contributed by atoms with van der Waals surface area (Å²) in [7, 11) is 2.68. The molecule has 4 rings (SSSR count). The Kier molecular flexibility index (Phi) is 6.68. The van der Waals surface area contributed by atoms with Crippen molar-refractivity contribution in [3.05, 3.63) is 91.1 Å². The lowest BCUT2D eigenvalue weighted by Crippen LogP contribution is -1.89. The molecule has 0 spiro atoms. The number of rotatable bonds is 5. The average molecular weight is 387 g/mol. The molecule has 0 saturated heterocycles. The molecular weight excluding hydrogens is 361 g/mol. The monoisotopic (exact) mass is 387 g/mol. The number of fused-ring (bicyclic) bond motifs is 1. The summed E-state index contributed by atoms with van der Waals surface area (Å²) in [6.45, 7) is 7.84. The van der Waals surface area contributed by atoms with Gasteiger partial charge in [0, 0.05) is 17.1 Å². The van der Waals surface area contributed by atoms with Crippen molar-refractivity contribution in [3.63, 3.8) is 0 Å². The summed E-state index contributed by atoms with van der Waals surface area (Å²) >= 11 is 0. The van der Waals surface area contributed by atoms with Crippen LogP contribution in [0.2, 0.25) is 0 Å². The lowest BCUT2D eigenvalue weighted by Gasteiger charge is -2.08. The van der Waals surface area contributed by atoms with E-state index in [2.05, 4.69) is 57.3 Å². The zero-order valence-electron chi connectivity index (χ0n) is 16.4. The van der Waals surface area contributed by atoms with E-state index in [9.17, 15) is 0 Å². The Bertz CT molecular complexity index is 1050. The zero-order chi connectivity index (χ0) is 19.9. The van der Waals surface area contributed by atoms with Gasteiger partial charge in [-0.15, -0.1) is 15.8 Å². The van der Waals surface area contributed by atoms with Gasteiger partial charge in [0.05, 0.1) is 0 Å². The van der Waals surface area contributed by atoms with Crippen molar-refractivity contribution in [1.82, 2.24) is 4.98 Å². The second-order valence-corrected chi connectivity index (χ2v) is 6.93. The minimum Gasteiger partial charge on any atom is -0.457 e. The highest BCUT2D eigenvalue weighted by atomic mass is 31.0. The standard InChI is InChI=1S/C23H20NOP.C2H6/c1-2-3-18-15-24-23-13-6-17(14-22(18)23)16-4-7-19(8-5-16)25-20-9-11-21(26)12-10-20;1-2/h2,4-15,24H,1,3,26H2;1-2H3. The summed E-state index contributed by atoms with van der Waals surface area (Å²) in [5.41, 5.74) is 4.80. The van der Waals surface area contributed by atoms with E-state index in [1.807, 2.05) is 56.3 Å². The van der Waals surface area contributed by atoms with Gasteiger partial charge in [-0.1, -0.05) is 50.3 Å². The fourth-order valence-corrected chi connectivity index (χ4v) is 3.26. The lowest BCUT2D eigenvalue weighted by molar-refractivity contribution is 0.483. The van der Waals surface area contributed by atoms with Gasteiger partial charge in [-0.05, 0) is 64.8 Å². The second kappa shape index (κ2) is 9.39. The first kappa shape index (κ1) is 19.9. The van der Waals surface area contributed by atoms with Crippen molar-refractivity contribution in [2.24, 2.45) is 0 Å².